The summed E-state index contributed by atoms with van der Waals surface area (Å²) in [5.74, 6) is 1.63. The Kier molecular flexibility index (Phi) is 6.81. The summed E-state index contributed by atoms with van der Waals surface area (Å²) in [6.45, 7) is 9.17. The molecule has 1 rings (SSSR count). The molecular formula is C15H27N3O. The van der Waals surface area contributed by atoms with Crippen molar-refractivity contribution >= 4 is 5.82 Å². The van der Waals surface area contributed by atoms with Crippen molar-refractivity contribution in [2.24, 2.45) is 5.92 Å². The molecule has 1 aromatic heterocycles. The van der Waals surface area contributed by atoms with Gasteiger partial charge in [-0.2, -0.15) is 0 Å². The van der Waals surface area contributed by atoms with E-state index in [-0.39, 0.29) is 0 Å². The van der Waals surface area contributed by atoms with E-state index in [4.69, 9.17) is 4.74 Å². The smallest absolute Gasteiger partial charge is 0.128 e. The maximum Gasteiger partial charge on any atom is 0.128 e. The Bertz CT molecular complexity index is 351. The largest absolute Gasteiger partial charge is 0.383 e. The third-order valence-electron chi connectivity index (χ3n) is 3.18. The molecule has 0 aliphatic heterocycles. The van der Waals surface area contributed by atoms with Gasteiger partial charge in [0.2, 0.25) is 0 Å². The van der Waals surface area contributed by atoms with Gasteiger partial charge in [-0.25, -0.2) is 4.98 Å². The molecule has 0 bridgehead atoms. The van der Waals surface area contributed by atoms with Crippen molar-refractivity contribution in [3.8, 4) is 0 Å². The number of rotatable bonds is 8. The quantitative estimate of drug-likeness (QED) is 0.783. The number of pyridine rings is 1. The maximum absolute atomic E-state index is 5.18. The van der Waals surface area contributed by atoms with E-state index in [1.54, 1.807) is 7.11 Å². The monoisotopic (exact) mass is 265 g/mol. The highest BCUT2D eigenvalue weighted by atomic mass is 16.5. The number of hydrogen-bond donors (Lipinski definition) is 1. The fraction of sp³-hybridized carbons (Fsp3) is 0.667. The van der Waals surface area contributed by atoms with Crippen LogP contribution < -0.4 is 10.2 Å². The molecule has 19 heavy (non-hydrogen) atoms. The first kappa shape index (κ1) is 15.9. The van der Waals surface area contributed by atoms with Crippen LogP contribution in [-0.4, -0.2) is 38.8 Å². The third kappa shape index (κ3) is 5.17. The van der Waals surface area contributed by atoms with Gasteiger partial charge in [-0.1, -0.05) is 19.9 Å². The molecule has 0 radical (unpaired) electrons. The zero-order valence-electron chi connectivity index (χ0n) is 12.8. The van der Waals surface area contributed by atoms with Crippen LogP contribution in [0, 0.1) is 5.92 Å². The molecule has 0 aliphatic rings. The minimum atomic E-state index is 0.332. The Morgan fingerprint density at radius 3 is 2.53 bits per heavy atom. The van der Waals surface area contributed by atoms with E-state index >= 15 is 0 Å². The van der Waals surface area contributed by atoms with E-state index in [1.807, 2.05) is 13.2 Å². The van der Waals surface area contributed by atoms with Crippen LogP contribution in [0.25, 0.3) is 0 Å². The van der Waals surface area contributed by atoms with Crippen molar-refractivity contribution in [1.82, 2.24) is 10.3 Å². The van der Waals surface area contributed by atoms with Crippen LogP contribution >= 0.6 is 0 Å². The van der Waals surface area contributed by atoms with Gasteiger partial charge >= 0.3 is 0 Å². The van der Waals surface area contributed by atoms with Gasteiger partial charge in [0.25, 0.3) is 0 Å². The van der Waals surface area contributed by atoms with Crippen LogP contribution in [0.5, 0.6) is 0 Å². The highest BCUT2D eigenvalue weighted by molar-refractivity contribution is 5.39. The third-order valence-corrected chi connectivity index (χ3v) is 3.18. The van der Waals surface area contributed by atoms with E-state index in [2.05, 4.69) is 48.1 Å². The Balaban J connectivity index is 2.77. The van der Waals surface area contributed by atoms with Crippen LogP contribution in [0.1, 0.15) is 32.4 Å². The number of ether oxygens (including phenoxy) is 1. The van der Waals surface area contributed by atoms with Crippen LogP contribution in [0.4, 0.5) is 5.82 Å². The second-order valence-corrected chi connectivity index (χ2v) is 5.29. The number of nitrogens with one attached hydrogen (secondary N) is 1. The van der Waals surface area contributed by atoms with Gasteiger partial charge in [0.15, 0.2) is 0 Å². The topological polar surface area (TPSA) is 37.4 Å². The zero-order chi connectivity index (χ0) is 14.3. The minimum absolute atomic E-state index is 0.332. The summed E-state index contributed by atoms with van der Waals surface area (Å²) >= 11 is 0. The normalized spacial score (nSPS) is 12.7. The standard InChI is InChI=1S/C15H27N3O/c1-12(2)11-18(8-9-19-5)15-7-6-14(10-17-15)13(3)16-4/h6-7,10,12-13,16H,8-9,11H2,1-5H3. The molecule has 4 nitrogen and oxygen atoms in total. The predicted octanol–water partition coefficient (Wildman–Crippen LogP) is 2.47. The average molecular weight is 265 g/mol. The molecule has 108 valence electrons. The van der Waals surface area contributed by atoms with Crippen LogP contribution in [0.2, 0.25) is 0 Å². The molecule has 0 saturated carbocycles. The molecule has 0 aliphatic carbocycles. The minimum Gasteiger partial charge on any atom is -0.383 e. The maximum atomic E-state index is 5.18. The van der Waals surface area contributed by atoms with E-state index in [1.165, 1.54) is 5.56 Å². The number of hydrogen-bond acceptors (Lipinski definition) is 4. The van der Waals surface area contributed by atoms with Gasteiger partial charge in [0.05, 0.1) is 6.61 Å². The number of nitrogens with zero attached hydrogens (tertiary/aromatic N) is 2. The van der Waals surface area contributed by atoms with Gasteiger partial charge in [-0.15, -0.1) is 0 Å². The number of anilines is 1. The molecule has 0 amide bonds. The lowest BCUT2D eigenvalue weighted by atomic mass is 10.1. The highest BCUT2D eigenvalue weighted by Crippen LogP contribution is 2.16. The summed E-state index contributed by atoms with van der Waals surface area (Å²) in [5.41, 5.74) is 1.21. The van der Waals surface area contributed by atoms with Gasteiger partial charge in [0.1, 0.15) is 5.82 Å². The fourth-order valence-electron chi connectivity index (χ4n) is 1.95. The lowest BCUT2D eigenvalue weighted by Crippen LogP contribution is -2.31. The number of methoxy groups -OCH3 is 1. The summed E-state index contributed by atoms with van der Waals surface area (Å²) < 4.78 is 5.18. The Morgan fingerprint density at radius 2 is 2.05 bits per heavy atom. The SMILES string of the molecule is CNC(C)c1ccc(N(CCOC)CC(C)C)nc1. The molecule has 1 atom stereocenters. The van der Waals surface area contributed by atoms with Gasteiger partial charge in [-0.05, 0) is 31.5 Å². The summed E-state index contributed by atoms with van der Waals surface area (Å²) in [4.78, 5) is 6.86. The molecule has 4 heteroatoms. The van der Waals surface area contributed by atoms with Crippen molar-refractivity contribution in [2.75, 3.05) is 38.8 Å². The van der Waals surface area contributed by atoms with E-state index in [0.29, 0.717) is 12.0 Å². The summed E-state index contributed by atoms with van der Waals surface area (Å²) in [5, 5.41) is 3.22. The first-order chi connectivity index (χ1) is 9.08. The van der Waals surface area contributed by atoms with Crippen molar-refractivity contribution in [1.29, 1.82) is 0 Å². The first-order valence-corrected chi connectivity index (χ1v) is 6.95. The second-order valence-electron chi connectivity index (χ2n) is 5.29. The van der Waals surface area contributed by atoms with Gasteiger partial charge < -0.3 is 15.0 Å². The summed E-state index contributed by atoms with van der Waals surface area (Å²) in [6.07, 6.45) is 1.95. The molecule has 0 spiro atoms. The Labute approximate surface area is 117 Å². The molecule has 0 fully saturated rings. The van der Waals surface area contributed by atoms with Crippen molar-refractivity contribution in [2.45, 2.75) is 26.8 Å². The first-order valence-electron chi connectivity index (χ1n) is 6.95. The lowest BCUT2D eigenvalue weighted by molar-refractivity contribution is 0.204. The van der Waals surface area contributed by atoms with Crippen molar-refractivity contribution in [3.05, 3.63) is 23.9 Å². The van der Waals surface area contributed by atoms with Gasteiger partial charge in [-0.3, -0.25) is 0 Å². The molecule has 0 saturated heterocycles. The predicted molar refractivity (Wildman–Crippen MR) is 80.6 cm³/mol. The Hall–Kier alpha value is -1.13. The highest BCUT2D eigenvalue weighted by Gasteiger charge is 2.10. The van der Waals surface area contributed by atoms with Crippen LogP contribution in [0.3, 0.4) is 0 Å². The van der Waals surface area contributed by atoms with E-state index in [0.717, 1.165) is 25.5 Å². The summed E-state index contributed by atoms with van der Waals surface area (Å²) in [6, 6.07) is 4.57. The van der Waals surface area contributed by atoms with Crippen molar-refractivity contribution < 1.29 is 4.74 Å². The van der Waals surface area contributed by atoms with E-state index in [9.17, 15) is 0 Å². The Morgan fingerprint density at radius 1 is 1.32 bits per heavy atom. The fourth-order valence-corrected chi connectivity index (χ4v) is 1.95. The number of aromatic nitrogens is 1. The van der Waals surface area contributed by atoms with Crippen LogP contribution in [0.15, 0.2) is 18.3 Å². The summed E-state index contributed by atoms with van der Waals surface area (Å²) in [7, 11) is 3.70. The molecule has 1 unspecified atom stereocenters. The molecular weight excluding hydrogens is 238 g/mol. The van der Waals surface area contributed by atoms with Gasteiger partial charge in [0, 0.05) is 32.4 Å². The molecule has 1 N–H and O–H groups in total. The van der Waals surface area contributed by atoms with Crippen molar-refractivity contribution in [3.63, 3.8) is 0 Å². The average Bonchev–Trinajstić information content (AvgIpc) is 2.42. The molecule has 1 aromatic rings. The lowest BCUT2D eigenvalue weighted by Gasteiger charge is -2.25. The van der Waals surface area contributed by atoms with Crippen LogP contribution in [-0.2, 0) is 4.74 Å². The zero-order valence-corrected chi connectivity index (χ0v) is 12.8. The molecule has 1 heterocycles. The van der Waals surface area contributed by atoms with E-state index < -0.39 is 0 Å². The second kappa shape index (κ2) is 8.12. The molecule has 0 aromatic carbocycles.